The Balaban J connectivity index is 2.07. The lowest BCUT2D eigenvalue weighted by Crippen LogP contribution is -2.37. The maximum Gasteiger partial charge on any atom is 0.259 e. The van der Waals surface area contributed by atoms with Crippen LogP contribution in [0.15, 0.2) is 42.5 Å². The van der Waals surface area contributed by atoms with Crippen LogP contribution in [0.25, 0.3) is 16.7 Å². The van der Waals surface area contributed by atoms with Gasteiger partial charge < -0.3 is 4.74 Å². The van der Waals surface area contributed by atoms with Gasteiger partial charge in [-0.2, -0.15) is 4.57 Å². The number of para-hydroxylation sites is 3. The number of ether oxygens (including phenoxy) is 1. The van der Waals surface area contributed by atoms with Crippen LogP contribution in [0.4, 0.5) is 0 Å². The van der Waals surface area contributed by atoms with E-state index in [0.717, 1.165) is 18.0 Å². The van der Waals surface area contributed by atoms with Crippen molar-refractivity contribution in [2.45, 2.75) is 39.2 Å². The summed E-state index contributed by atoms with van der Waals surface area (Å²) in [5, 5.41) is 0. The minimum Gasteiger partial charge on any atom is -0.492 e. The van der Waals surface area contributed by atoms with Crippen LogP contribution in [0.2, 0.25) is 0 Å². The average molecular weight is 307 g/mol. The molecule has 0 saturated carbocycles. The van der Waals surface area contributed by atoms with Crippen LogP contribution < -0.4 is 9.30 Å². The minimum absolute atomic E-state index is 0.917. The molecule has 4 rings (SSSR count). The number of nitrogens with zero attached hydrogens (tertiary/aromatic N) is 2. The first-order valence-corrected chi connectivity index (χ1v) is 8.47. The fraction of sp³-hybridized carbons (Fsp3) is 0.350. The van der Waals surface area contributed by atoms with Crippen molar-refractivity contribution in [1.82, 2.24) is 4.57 Å². The van der Waals surface area contributed by atoms with E-state index in [1.165, 1.54) is 48.1 Å². The molecule has 118 valence electrons. The van der Waals surface area contributed by atoms with Gasteiger partial charge in [-0.05, 0) is 43.9 Å². The van der Waals surface area contributed by atoms with Crippen molar-refractivity contribution < 1.29 is 9.30 Å². The van der Waals surface area contributed by atoms with E-state index in [2.05, 4.69) is 46.4 Å². The average Bonchev–Trinajstić information content (AvgIpc) is 2.84. The molecule has 3 nitrogen and oxygen atoms in total. The van der Waals surface area contributed by atoms with Gasteiger partial charge in [0.15, 0.2) is 22.5 Å². The summed E-state index contributed by atoms with van der Waals surface area (Å²) < 4.78 is 10.5. The van der Waals surface area contributed by atoms with Crippen molar-refractivity contribution in [3.8, 4) is 11.4 Å². The Morgan fingerprint density at radius 1 is 1.00 bits per heavy atom. The third-order valence-corrected chi connectivity index (χ3v) is 4.98. The van der Waals surface area contributed by atoms with Crippen LogP contribution in [-0.4, -0.2) is 11.7 Å². The zero-order valence-electron chi connectivity index (χ0n) is 13.9. The third kappa shape index (κ3) is 2.23. The Bertz CT molecular complexity index is 863. The van der Waals surface area contributed by atoms with E-state index in [0.29, 0.717) is 0 Å². The zero-order valence-corrected chi connectivity index (χ0v) is 13.9. The van der Waals surface area contributed by atoms with E-state index < -0.39 is 0 Å². The van der Waals surface area contributed by atoms with Gasteiger partial charge in [0.1, 0.15) is 0 Å². The van der Waals surface area contributed by atoms with Gasteiger partial charge in [0.25, 0.3) is 5.82 Å². The molecule has 0 aliphatic carbocycles. The maximum atomic E-state index is 5.61. The molecular formula is C20H23N2O+. The summed E-state index contributed by atoms with van der Waals surface area (Å²) in [5.41, 5.74) is 5.27. The molecule has 0 amide bonds. The van der Waals surface area contributed by atoms with Crippen molar-refractivity contribution in [2.24, 2.45) is 0 Å². The standard InChI is InChI=1S/C20H23N2O/c1-15-21-14-7-3-4-9-16-10-8-12-18(20(16)21)22(15)17-11-5-6-13-19(17)23-2/h5-6,8,10-13H,3-4,7,9,14H2,1-2H3/q+1. The summed E-state index contributed by atoms with van der Waals surface area (Å²) in [7, 11) is 1.74. The Labute approximate surface area is 137 Å². The van der Waals surface area contributed by atoms with Crippen LogP contribution in [0, 0.1) is 6.92 Å². The van der Waals surface area contributed by atoms with Gasteiger partial charge in [-0.3, -0.25) is 0 Å². The predicted molar refractivity (Wildman–Crippen MR) is 92.3 cm³/mol. The minimum atomic E-state index is 0.917. The van der Waals surface area contributed by atoms with Crippen LogP contribution in [0.5, 0.6) is 5.75 Å². The smallest absolute Gasteiger partial charge is 0.259 e. The van der Waals surface area contributed by atoms with E-state index in [-0.39, 0.29) is 0 Å². The van der Waals surface area contributed by atoms with Crippen molar-refractivity contribution in [2.75, 3.05) is 7.11 Å². The molecule has 23 heavy (non-hydrogen) atoms. The molecule has 0 radical (unpaired) electrons. The number of aryl methyl sites for hydroxylation is 2. The van der Waals surface area contributed by atoms with Crippen LogP contribution in [-0.2, 0) is 13.0 Å². The highest BCUT2D eigenvalue weighted by molar-refractivity contribution is 5.79. The lowest BCUT2D eigenvalue weighted by molar-refractivity contribution is -0.679. The number of methoxy groups -OCH3 is 1. The topological polar surface area (TPSA) is 18.0 Å². The molecule has 0 bridgehead atoms. The number of imidazole rings is 1. The van der Waals surface area contributed by atoms with Crippen molar-refractivity contribution in [3.05, 3.63) is 53.9 Å². The van der Waals surface area contributed by atoms with Gasteiger partial charge >= 0.3 is 0 Å². The number of rotatable bonds is 2. The van der Waals surface area contributed by atoms with Gasteiger partial charge in [-0.1, -0.05) is 24.3 Å². The number of aromatic nitrogens is 2. The lowest BCUT2D eigenvalue weighted by atomic mass is 10.0. The highest BCUT2D eigenvalue weighted by atomic mass is 16.5. The molecule has 1 aliphatic rings. The number of benzene rings is 2. The predicted octanol–water partition coefficient (Wildman–Crippen LogP) is 3.96. The van der Waals surface area contributed by atoms with Gasteiger partial charge in [-0.15, -0.1) is 0 Å². The van der Waals surface area contributed by atoms with E-state index in [1.54, 1.807) is 7.11 Å². The van der Waals surface area contributed by atoms with Crippen molar-refractivity contribution in [3.63, 3.8) is 0 Å². The largest absolute Gasteiger partial charge is 0.492 e. The molecule has 2 heterocycles. The van der Waals surface area contributed by atoms with Gasteiger partial charge in [0, 0.05) is 12.5 Å². The van der Waals surface area contributed by atoms with E-state index in [1.807, 2.05) is 12.1 Å². The number of hydrogen-bond acceptors (Lipinski definition) is 1. The summed E-state index contributed by atoms with van der Waals surface area (Å²) in [6.45, 7) is 3.32. The Morgan fingerprint density at radius 2 is 1.87 bits per heavy atom. The molecule has 0 fully saturated rings. The Kier molecular flexibility index (Phi) is 3.56. The summed E-state index contributed by atoms with van der Waals surface area (Å²) in [5.74, 6) is 2.19. The number of hydrogen-bond donors (Lipinski definition) is 0. The highest BCUT2D eigenvalue weighted by Gasteiger charge is 2.27. The molecule has 2 aromatic carbocycles. The zero-order chi connectivity index (χ0) is 15.8. The first kappa shape index (κ1) is 14.3. The summed E-state index contributed by atoms with van der Waals surface area (Å²) >= 11 is 0. The molecule has 3 aromatic rings. The molecule has 1 aromatic heterocycles. The lowest BCUT2D eigenvalue weighted by Gasteiger charge is -2.08. The first-order chi connectivity index (χ1) is 11.3. The second kappa shape index (κ2) is 5.73. The van der Waals surface area contributed by atoms with E-state index in [4.69, 9.17) is 4.74 Å². The fourth-order valence-electron chi connectivity index (χ4n) is 3.88. The third-order valence-electron chi connectivity index (χ3n) is 4.98. The second-order valence-electron chi connectivity index (χ2n) is 6.30. The first-order valence-electron chi connectivity index (χ1n) is 8.47. The molecular weight excluding hydrogens is 284 g/mol. The molecule has 0 N–H and O–H groups in total. The van der Waals surface area contributed by atoms with Crippen LogP contribution in [0.1, 0.15) is 30.7 Å². The van der Waals surface area contributed by atoms with Crippen LogP contribution >= 0.6 is 0 Å². The van der Waals surface area contributed by atoms with Gasteiger partial charge in [0.05, 0.1) is 13.7 Å². The summed E-state index contributed by atoms with van der Waals surface area (Å²) in [6, 6.07) is 15.0. The fourth-order valence-corrected chi connectivity index (χ4v) is 3.88. The molecule has 1 aliphatic heterocycles. The monoisotopic (exact) mass is 307 g/mol. The van der Waals surface area contributed by atoms with Crippen LogP contribution in [0.3, 0.4) is 0 Å². The quantitative estimate of drug-likeness (QED) is 0.655. The Morgan fingerprint density at radius 3 is 2.74 bits per heavy atom. The SMILES string of the molecule is COc1ccccc1-n1c(C)[n+]2c3c(cccc31)CCCCC2. The van der Waals surface area contributed by atoms with E-state index >= 15 is 0 Å². The molecule has 0 saturated heterocycles. The highest BCUT2D eigenvalue weighted by Crippen LogP contribution is 2.29. The molecule has 3 heteroatoms. The van der Waals surface area contributed by atoms with Gasteiger partial charge in [0.2, 0.25) is 0 Å². The summed E-state index contributed by atoms with van der Waals surface area (Å²) in [4.78, 5) is 0. The normalized spacial score (nSPS) is 14.5. The second-order valence-corrected chi connectivity index (χ2v) is 6.30. The summed E-state index contributed by atoms with van der Waals surface area (Å²) in [6.07, 6.45) is 5.03. The molecule has 0 unspecified atom stereocenters. The maximum absolute atomic E-state index is 5.61. The van der Waals surface area contributed by atoms with Gasteiger partial charge in [-0.25, -0.2) is 4.57 Å². The van der Waals surface area contributed by atoms with E-state index in [9.17, 15) is 0 Å². The van der Waals surface area contributed by atoms with Crippen molar-refractivity contribution >= 4 is 11.0 Å². The van der Waals surface area contributed by atoms with Crippen molar-refractivity contribution in [1.29, 1.82) is 0 Å². The molecule has 0 spiro atoms. The Hall–Kier alpha value is -2.29. The molecule has 0 atom stereocenters.